The van der Waals surface area contributed by atoms with Crippen molar-refractivity contribution < 1.29 is 14.6 Å². The first kappa shape index (κ1) is 11.4. The molecule has 0 aliphatic heterocycles. The third-order valence-corrected chi connectivity index (χ3v) is 1.37. The van der Waals surface area contributed by atoms with Crippen molar-refractivity contribution >= 4 is 5.95 Å². The molecule has 1 heterocycles. The summed E-state index contributed by atoms with van der Waals surface area (Å²) in [4.78, 5) is 11.3. The number of anilines is 1. The lowest BCUT2D eigenvalue weighted by atomic mass is 10.5. The van der Waals surface area contributed by atoms with Gasteiger partial charge in [0.2, 0.25) is 5.95 Å². The Morgan fingerprint density at radius 1 is 1.13 bits per heavy atom. The van der Waals surface area contributed by atoms with E-state index in [1.165, 1.54) is 0 Å². The van der Waals surface area contributed by atoms with Crippen LogP contribution in [0.1, 0.15) is 13.3 Å². The molecule has 0 aromatic carbocycles. The van der Waals surface area contributed by atoms with Gasteiger partial charge >= 0.3 is 12.0 Å². The van der Waals surface area contributed by atoms with E-state index in [0.717, 1.165) is 6.42 Å². The highest BCUT2D eigenvalue weighted by atomic mass is 16.5. The van der Waals surface area contributed by atoms with Crippen LogP contribution in [0.25, 0.3) is 0 Å². The molecule has 0 spiro atoms. The summed E-state index contributed by atoms with van der Waals surface area (Å²) < 4.78 is 10.2. The number of aliphatic hydroxyl groups is 1. The van der Waals surface area contributed by atoms with Crippen LogP contribution in [0, 0.1) is 0 Å². The molecule has 0 aliphatic rings. The van der Waals surface area contributed by atoms with Gasteiger partial charge in [0.15, 0.2) is 0 Å². The minimum atomic E-state index is -0.114. The molecule has 1 rings (SSSR count). The molecule has 7 heteroatoms. The Hall–Kier alpha value is -1.63. The molecule has 7 nitrogen and oxygen atoms in total. The molecule has 84 valence electrons. The Kier molecular flexibility index (Phi) is 4.55. The van der Waals surface area contributed by atoms with Gasteiger partial charge in [-0.25, -0.2) is 0 Å². The van der Waals surface area contributed by atoms with Crippen molar-refractivity contribution in [2.75, 3.05) is 25.6 Å². The molecule has 0 amide bonds. The molecule has 0 fully saturated rings. The fourth-order valence-electron chi connectivity index (χ4n) is 0.812. The zero-order chi connectivity index (χ0) is 11.1. The van der Waals surface area contributed by atoms with Crippen LogP contribution in [-0.4, -0.2) is 39.9 Å². The van der Waals surface area contributed by atoms with Crippen molar-refractivity contribution in [1.82, 2.24) is 15.0 Å². The highest BCUT2D eigenvalue weighted by molar-refractivity contribution is 5.20. The number of rotatable bonds is 6. The number of nitrogen functional groups attached to an aromatic ring is 1. The SMILES string of the molecule is CCCOc1nc(N)nc(OCCO)n1. The van der Waals surface area contributed by atoms with Crippen LogP contribution < -0.4 is 15.2 Å². The number of nitrogens with zero attached hydrogens (tertiary/aromatic N) is 3. The van der Waals surface area contributed by atoms with E-state index in [1.54, 1.807) is 0 Å². The summed E-state index contributed by atoms with van der Waals surface area (Å²) >= 11 is 0. The minimum Gasteiger partial charge on any atom is -0.463 e. The molecule has 3 N–H and O–H groups in total. The Labute approximate surface area is 87.3 Å². The summed E-state index contributed by atoms with van der Waals surface area (Å²) in [6, 6.07) is 0.194. The fraction of sp³-hybridized carbons (Fsp3) is 0.625. The molecule has 0 unspecified atom stereocenters. The van der Waals surface area contributed by atoms with E-state index >= 15 is 0 Å². The molecule has 0 saturated heterocycles. The predicted molar refractivity (Wildman–Crippen MR) is 52.6 cm³/mol. The zero-order valence-corrected chi connectivity index (χ0v) is 8.51. The normalized spacial score (nSPS) is 10.0. The van der Waals surface area contributed by atoms with Crippen LogP contribution >= 0.6 is 0 Å². The largest absolute Gasteiger partial charge is 0.463 e. The van der Waals surface area contributed by atoms with E-state index in [9.17, 15) is 0 Å². The van der Waals surface area contributed by atoms with E-state index < -0.39 is 0 Å². The van der Waals surface area contributed by atoms with Crippen molar-refractivity contribution in [3.05, 3.63) is 0 Å². The molecular weight excluding hydrogens is 200 g/mol. The second-order valence-electron chi connectivity index (χ2n) is 2.68. The van der Waals surface area contributed by atoms with Crippen LogP contribution in [0.4, 0.5) is 5.95 Å². The predicted octanol–water partition coefficient (Wildman–Crippen LogP) is -0.386. The number of aromatic nitrogens is 3. The summed E-state index contributed by atoms with van der Waals surface area (Å²) in [6.07, 6.45) is 0.846. The van der Waals surface area contributed by atoms with Gasteiger partial charge in [-0.3, -0.25) is 0 Å². The van der Waals surface area contributed by atoms with E-state index in [0.29, 0.717) is 6.61 Å². The standard InChI is InChI=1S/C8H14N4O3/c1-2-4-14-7-10-6(9)11-8(12-7)15-5-3-13/h13H,2-5H2,1H3,(H2,9,10,11,12). The Bertz CT molecular complexity index is 282. The van der Waals surface area contributed by atoms with Gasteiger partial charge in [0, 0.05) is 0 Å². The van der Waals surface area contributed by atoms with Crippen molar-refractivity contribution in [3.63, 3.8) is 0 Å². The number of hydrogen-bond acceptors (Lipinski definition) is 7. The summed E-state index contributed by atoms with van der Waals surface area (Å²) in [5, 5.41) is 8.55. The van der Waals surface area contributed by atoms with Crippen molar-refractivity contribution in [2.45, 2.75) is 13.3 Å². The number of aliphatic hydroxyl groups excluding tert-OH is 1. The average Bonchev–Trinajstić information content (AvgIpc) is 2.23. The minimum absolute atomic E-state index is 0.0315. The maximum atomic E-state index is 8.55. The Morgan fingerprint density at radius 2 is 1.73 bits per heavy atom. The van der Waals surface area contributed by atoms with Gasteiger partial charge in [-0.2, -0.15) is 9.97 Å². The highest BCUT2D eigenvalue weighted by Gasteiger charge is 2.05. The second kappa shape index (κ2) is 5.97. The van der Waals surface area contributed by atoms with Crippen molar-refractivity contribution in [3.8, 4) is 12.0 Å². The number of nitrogens with two attached hydrogens (primary N) is 1. The van der Waals surface area contributed by atoms with E-state index in [2.05, 4.69) is 15.0 Å². The van der Waals surface area contributed by atoms with E-state index in [-0.39, 0.29) is 31.2 Å². The molecular formula is C8H14N4O3. The maximum Gasteiger partial charge on any atom is 0.324 e. The first-order valence-corrected chi connectivity index (χ1v) is 4.64. The molecule has 0 aliphatic carbocycles. The third-order valence-electron chi connectivity index (χ3n) is 1.37. The van der Waals surface area contributed by atoms with Crippen LogP contribution in [0.5, 0.6) is 12.0 Å². The van der Waals surface area contributed by atoms with Crippen LogP contribution in [0.2, 0.25) is 0 Å². The smallest absolute Gasteiger partial charge is 0.324 e. The van der Waals surface area contributed by atoms with Crippen LogP contribution in [0.3, 0.4) is 0 Å². The first-order chi connectivity index (χ1) is 7.26. The summed E-state index contributed by atoms with van der Waals surface area (Å²) in [5.74, 6) is 0.0315. The second-order valence-corrected chi connectivity index (χ2v) is 2.68. The van der Waals surface area contributed by atoms with Gasteiger partial charge in [-0.1, -0.05) is 6.92 Å². The summed E-state index contributed by atoms with van der Waals surface area (Å²) in [6.45, 7) is 2.46. The zero-order valence-electron chi connectivity index (χ0n) is 8.51. The molecule has 0 atom stereocenters. The first-order valence-electron chi connectivity index (χ1n) is 4.64. The molecule has 1 aromatic heterocycles. The lowest BCUT2D eigenvalue weighted by Crippen LogP contribution is -2.09. The Morgan fingerprint density at radius 3 is 2.27 bits per heavy atom. The van der Waals surface area contributed by atoms with Gasteiger partial charge in [0.1, 0.15) is 6.61 Å². The fourth-order valence-corrected chi connectivity index (χ4v) is 0.812. The lowest BCUT2D eigenvalue weighted by molar-refractivity contribution is 0.188. The molecule has 1 aromatic rings. The van der Waals surface area contributed by atoms with Crippen LogP contribution in [-0.2, 0) is 0 Å². The van der Waals surface area contributed by atoms with E-state index in [4.69, 9.17) is 20.3 Å². The Balaban J connectivity index is 2.66. The molecule has 0 saturated carbocycles. The number of ether oxygens (including phenoxy) is 2. The average molecular weight is 214 g/mol. The molecule has 0 bridgehead atoms. The monoisotopic (exact) mass is 214 g/mol. The third kappa shape index (κ3) is 3.94. The summed E-state index contributed by atoms with van der Waals surface area (Å²) in [7, 11) is 0. The quantitative estimate of drug-likeness (QED) is 0.664. The summed E-state index contributed by atoms with van der Waals surface area (Å²) in [5.41, 5.74) is 5.42. The number of hydrogen-bond donors (Lipinski definition) is 2. The highest BCUT2D eigenvalue weighted by Crippen LogP contribution is 2.10. The van der Waals surface area contributed by atoms with Gasteiger partial charge in [0.25, 0.3) is 0 Å². The molecule has 0 radical (unpaired) electrons. The van der Waals surface area contributed by atoms with Crippen molar-refractivity contribution in [2.24, 2.45) is 0 Å². The van der Waals surface area contributed by atoms with Crippen LogP contribution in [0.15, 0.2) is 0 Å². The van der Waals surface area contributed by atoms with Crippen molar-refractivity contribution in [1.29, 1.82) is 0 Å². The molecule has 15 heavy (non-hydrogen) atoms. The van der Waals surface area contributed by atoms with Gasteiger partial charge < -0.3 is 20.3 Å². The van der Waals surface area contributed by atoms with Gasteiger partial charge in [-0.05, 0) is 6.42 Å². The van der Waals surface area contributed by atoms with E-state index in [1.807, 2.05) is 6.92 Å². The maximum absolute atomic E-state index is 8.55. The topological polar surface area (TPSA) is 103 Å². The van der Waals surface area contributed by atoms with Gasteiger partial charge in [0.05, 0.1) is 13.2 Å². The van der Waals surface area contributed by atoms with Gasteiger partial charge in [-0.15, -0.1) is 4.98 Å². The lowest BCUT2D eigenvalue weighted by Gasteiger charge is -2.05.